The van der Waals surface area contributed by atoms with Crippen molar-refractivity contribution in [1.29, 1.82) is 0 Å². The summed E-state index contributed by atoms with van der Waals surface area (Å²) in [6.07, 6.45) is 7.06. The summed E-state index contributed by atoms with van der Waals surface area (Å²) in [5.74, 6) is 3.64. The van der Waals surface area contributed by atoms with E-state index in [1.807, 2.05) is 6.07 Å². The molecular weight excluding hydrogens is 435 g/mol. The molecule has 4 rings (SSSR count). The number of nitrogens with zero attached hydrogens (tertiary/aromatic N) is 2. The molecule has 0 saturated heterocycles. The molecule has 1 aromatic carbocycles. The summed E-state index contributed by atoms with van der Waals surface area (Å²) < 4.78 is 17.8. The standard InChI is InChI=1S/C26H25FN4O3/c1-34-22(32)14-13-21-20-8-5-15-28-23(20)24(30-19-6-3-2-4-7-19)25(31-21)26(33)29-16-17-9-11-18(27)12-10-17/h5,8-12,15,19,30H,2-4,6-7,16H2,1H3,(H,29,33). The average molecular weight is 461 g/mol. The maximum absolute atomic E-state index is 13.3. The van der Waals surface area contributed by atoms with E-state index in [1.165, 1.54) is 25.7 Å². The van der Waals surface area contributed by atoms with Crippen LogP contribution in [0.15, 0.2) is 42.6 Å². The van der Waals surface area contributed by atoms with Crippen LogP contribution in [-0.4, -0.2) is 35.0 Å². The normalized spacial score (nSPS) is 13.6. The van der Waals surface area contributed by atoms with Crippen molar-refractivity contribution in [2.24, 2.45) is 0 Å². The molecule has 2 aromatic heterocycles. The zero-order valence-electron chi connectivity index (χ0n) is 18.9. The van der Waals surface area contributed by atoms with Crippen molar-refractivity contribution in [2.45, 2.75) is 44.7 Å². The minimum absolute atomic E-state index is 0.146. The van der Waals surface area contributed by atoms with E-state index in [2.05, 4.69) is 37.2 Å². The third-order valence-electron chi connectivity index (χ3n) is 5.76. The van der Waals surface area contributed by atoms with Crippen molar-refractivity contribution >= 4 is 28.5 Å². The second-order valence-corrected chi connectivity index (χ2v) is 8.11. The van der Waals surface area contributed by atoms with Crippen LogP contribution >= 0.6 is 0 Å². The molecule has 0 radical (unpaired) electrons. The van der Waals surface area contributed by atoms with E-state index < -0.39 is 11.9 Å². The van der Waals surface area contributed by atoms with E-state index in [4.69, 9.17) is 0 Å². The number of esters is 1. The van der Waals surface area contributed by atoms with Crippen LogP contribution in [-0.2, 0) is 16.1 Å². The van der Waals surface area contributed by atoms with Crippen molar-refractivity contribution in [3.8, 4) is 11.8 Å². The van der Waals surface area contributed by atoms with Gasteiger partial charge in [0.2, 0.25) is 0 Å². The number of rotatable bonds is 5. The maximum atomic E-state index is 13.3. The number of hydrogen-bond donors (Lipinski definition) is 2. The number of hydrogen-bond acceptors (Lipinski definition) is 6. The molecule has 0 unspecified atom stereocenters. The Labute approximate surface area is 197 Å². The molecule has 8 heteroatoms. The second-order valence-electron chi connectivity index (χ2n) is 8.11. The van der Waals surface area contributed by atoms with E-state index in [1.54, 1.807) is 24.4 Å². The van der Waals surface area contributed by atoms with E-state index in [-0.39, 0.29) is 29.8 Å². The monoisotopic (exact) mass is 460 g/mol. The largest absolute Gasteiger partial charge is 0.459 e. The number of aromatic nitrogens is 2. The highest BCUT2D eigenvalue weighted by atomic mass is 19.1. The molecule has 1 fully saturated rings. The van der Waals surface area contributed by atoms with Crippen LogP contribution < -0.4 is 10.6 Å². The first kappa shape index (κ1) is 23.2. The molecule has 1 amide bonds. The molecule has 0 spiro atoms. The molecule has 2 heterocycles. The number of fused-ring (bicyclic) bond motifs is 1. The number of methoxy groups -OCH3 is 1. The van der Waals surface area contributed by atoms with Crippen LogP contribution in [0, 0.1) is 17.7 Å². The predicted molar refractivity (Wildman–Crippen MR) is 126 cm³/mol. The lowest BCUT2D eigenvalue weighted by Gasteiger charge is -2.25. The van der Waals surface area contributed by atoms with Crippen LogP contribution in [0.5, 0.6) is 0 Å². The topological polar surface area (TPSA) is 93.2 Å². The lowest BCUT2D eigenvalue weighted by Crippen LogP contribution is -2.29. The van der Waals surface area contributed by atoms with E-state index in [0.717, 1.165) is 31.2 Å². The lowest BCUT2D eigenvalue weighted by molar-refractivity contribution is -0.133. The van der Waals surface area contributed by atoms with Crippen molar-refractivity contribution < 1.29 is 18.7 Å². The van der Waals surface area contributed by atoms with Crippen molar-refractivity contribution in [3.63, 3.8) is 0 Å². The Bertz CT molecular complexity index is 1260. The summed E-state index contributed by atoms with van der Waals surface area (Å²) >= 11 is 0. The molecule has 0 aliphatic heterocycles. The Morgan fingerprint density at radius 3 is 2.65 bits per heavy atom. The first-order valence-electron chi connectivity index (χ1n) is 11.2. The molecule has 1 aliphatic rings. The number of amides is 1. The van der Waals surface area contributed by atoms with E-state index in [0.29, 0.717) is 16.6 Å². The Morgan fingerprint density at radius 2 is 1.91 bits per heavy atom. The second kappa shape index (κ2) is 10.8. The highest BCUT2D eigenvalue weighted by Gasteiger charge is 2.23. The fourth-order valence-electron chi connectivity index (χ4n) is 4.01. The third-order valence-corrected chi connectivity index (χ3v) is 5.76. The number of carbonyl (C=O) groups excluding carboxylic acids is 2. The van der Waals surface area contributed by atoms with E-state index in [9.17, 15) is 14.0 Å². The number of benzene rings is 1. The number of ether oxygens (including phenoxy) is 1. The zero-order chi connectivity index (χ0) is 23.9. The van der Waals surface area contributed by atoms with Crippen molar-refractivity contribution in [1.82, 2.24) is 15.3 Å². The summed E-state index contributed by atoms with van der Waals surface area (Å²) in [6, 6.07) is 9.68. The van der Waals surface area contributed by atoms with Gasteiger partial charge in [-0.3, -0.25) is 9.78 Å². The van der Waals surface area contributed by atoms with Crippen LogP contribution in [0.3, 0.4) is 0 Å². The highest BCUT2D eigenvalue weighted by Crippen LogP contribution is 2.30. The Hall–Kier alpha value is -3.99. The first-order chi connectivity index (χ1) is 16.5. The molecule has 0 bridgehead atoms. The van der Waals surface area contributed by atoms with Crippen LogP contribution in [0.1, 0.15) is 53.8 Å². The van der Waals surface area contributed by atoms with Gasteiger partial charge < -0.3 is 15.4 Å². The lowest BCUT2D eigenvalue weighted by atomic mass is 9.95. The summed E-state index contributed by atoms with van der Waals surface area (Å²) in [5, 5.41) is 6.99. The summed E-state index contributed by atoms with van der Waals surface area (Å²) in [4.78, 5) is 33.9. The molecule has 34 heavy (non-hydrogen) atoms. The highest BCUT2D eigenvalue weighted by molar-refractivity contribution is 6.06. The Morgan fingerprint density at radius 1 is 1.15 bits per heavy atom. The molecule has 7 nitrogen and oxygen atoms in total. The van der Waals surface area contributed by atoms with Gasteiger partial charge in [0.25, 0.3) is 5.91 Å². The zero-order valence-corrected chi connectivity index (χ0v) is 18.9. The Kier molecular flexibility index (Phi) is 7.33. The molecule has 0 atom stereocenters. The molecule has 174 valence electrons. The predicted octanol–water partition coefficient (Wildman–Crippen LogP) is 3.97. The molecule has 1 aliphatic carbocycles. The van der Waals surface area contributed by atoms with Crippen LogP contribution in [0.4, 0.5) is 10.1 Å². The van der Waals surface area contributed by atoms with Gasteiger partial charge in [-0.25, -0.2) is 14.2 Å². The molecule has 1 saturated carbocycles. The van der Waals surface area contributed by atoms with Gasteiger partial charge in [0, 0.05) is 30.1 Å². The molecule has 2 N–H and O–H groups in total. The SMILES string of the molecule is COC(=O)C#Cc1nc(C(=O)NCc2ccc(F)cc2)c(NC2CCCCC2)c2ncccc12. The maximum Gasteiger partial charge on any atom is 0.384 e. The number of carbonyl (C=O) groups is 2. The van der Waals surface area contributed by atoms with Crippen molar-refractivity contribution in [3.05, 3.63) is 65.4 Å². The van der Waals surface area contributed by atoms with Gasteiger partial charge in [0.05, 0.1) is 18.3 Å². The first-order valence-corrected chi connectivity index (χ1v) is 11.2. The fraction of sp³-hybridized carbons (Fsp3) is 0.308. The van der Waals surface area contributed by atoms with Gasteiger partial charge in [0.1, 0.15) is 11.5 Å². The minimum Gasteiger partial charge on any atom is -0.459 e. The van der Waals surface area contributed by atoms with Gasteiger partial charge in [-0.2, -0.15) is 0 Å². The summed E-state index contributed by atoms with van der Waals surface area (Å²) in [7, 11) is 1.25. The third kappa shape index (κ3) is 5.49. The average Bonchev–Trinajstić information content (AvgIpc) is 2.88. The summed E-state index contributed by atoms with van der Waals surface area (Å²) in [5.41, 5.74) is 2.26. The number of pyridine rings is 2. The van der Waals surface area contributed by atoms with Gasteiger partial charge in [-0.1, -0.05) is 31.4 Å². The van der Waals surface area contributed by atoms with Crippen molar-refractivity contribution in [2.75, 3.05) is 12.4 Å². The van der Waals surface area contributed by atoms with Gasteiger partial charge in [0.15, 0.2) is 5.69 Å². The van der Waals surface area contributed by atoms with E-state index >= 15 is 0 Å². The minimum atomic E-state index is -0.703. The van der Waals surface area contributed by atoms with Crippen LogP contribution in [0.25, 0.3) is 10.9 Å². The Balaban J connectivity index is 1.74. The fourth-order valence-corrected chi connectivity index (χ4v) is 4.01. The summed E-state index contributed by atoms with van der Waals surface area (Å²) in [6.45, 7) is 0.201. The van der Waals surface area contributed by atoms with Crippen LogP contribution in [0.2, 0.25) is 0 Å². The molecule has 3 aromatic rings. The quantitative estimate of drug-likeness (QED) is 0.442. The smallest absolute Gasteiger partial charge is 0.384 e. The number of nitrogens with one attached hydrogen (secondary N) is 2. The van der Waals surface area contributed by atoms with Gasteiger partial charge >= 0.3 is 5.97 Å². The molecular formula is C26H25FN4O3. The van der Waals surface area contributed by atoms with Gasteiger partial charge in [-0.15, -0.1) is 0 Å². The van der Waals surface area contributed by atoms with Gasteiger partial charge in [-0.05, 0) is 48.6 Å². The number of anilines is 1. The number of halogens is 1.